The number of amides is 1. The second-order valence-electron chi connectivity index (χ2n) is 6.79. The average molecular weight is 383 g/mol. The summed E-state index contributed by atoms with van der Waals surface area (Å²) in [5.41, 5.74) is 1.15. The highest BCUT2D eigenvalue weighted by Gasteiger charge is 2.39. The van der Waals surface area contributed by atoms with E-state index in [0.717, 1.165) is 18.4 Å². The number of aliphatic carboxylic acids is 1. The Bertz CT molecular complexity index is 896. The molecule has 2 aromatic rings. The van der Waals surface area contributed by atoms with Crippen molar-refractivity contribution in [1.82, 2.24) is 4.90 Å². The predicted octanol–water partition coefficient (Wildman–Crippen LogP) is 3.28. The highest BCUT2D eigenvalue weighted by Crippen LogP contribution is 2.32. The lowest BCUT2D eigenvalue weighted by Crippen LogP contribution is -2.44. The normalized spacial score (nSPS) is 14.2. The van der Waals surface area contributed by atoms with Gasteiger partial charge in [0, 0.05) is 24.2 Å². The van der Waals surface area contributed by atoms with Crippen molar-refractivity contribution in [3.8, 4) is 0 Å². The minimum atomic E-state index is -1.10. The molecule has 146 valence electrons. The van der Waals surface area contributed by atoms with Gasteiger partial charge in [-0.3, -0.25) is 14.9 Å². The monoisotopic (exact) mass is 383 g/mol. The first kappa shape index (κ1) is 19.3. The van der Waals surface area contributed by atoms with Gasteiger partial charge >= 0.3 is 5.97 Å². The van der Waals surface area contributed by atoms with Gasteiger partial charge in [-0.2, -0.15) is 0 Å². The van der Waals surface area contributed by atoms with Crippen LogP contribution in [-0.2, 0) is 11.3 Å². The average Bonchev–Trinajstić information content (AvgIpc) is 3.52. The molecule has 0 aromatic heterocycles. The number of rotatable bonds is 8. The van der Waals surface area contributed by atoms with E-state index in [4.69, 9.17) is 0 Å². The molecule has 0 radical (unpaired) electrons. The number of anilines is 1. The van der Waals surface area contributed by atoms with Crippen LogP contribution in [0.4, 0.5) is 11.4 Å². The first-order valence-electron chi connectivity index (χ1n) is 9.00. The number of nitro benzene ring substituents is 1. The number of hydrogen-bond donors (Lipinski definition) is 2. The zero-order valence-electron chi connectivity index (χ0n) is 15.4. The van der Waals surface area contributed by atoms with E-state index in [1.54, 1.807) is 0 Å². The van der Waals surface area contributed by atoms with Crippen molar-refractivity contribution >= 4 is 23.3 Å². The number of carboxylic acids is 1. The van der Waals surface area contributed by atoms with Crippen molar-refractivity contribution < 1.29 is 19.6 Å². The summed E-state index contributed by atoms with van der Waals surface area (Å²) in [5, 5.41) is 23.8. The number of nitro groups is 1. The van der Waals surface area contributed by atoms with Crippen molar-refractivity contribution in [2.24, 2.45) is 0 Å². The van der Waals surface area contributed by atoms with Crippen LogP contribution in [0.2, 0.25) is 0 Å². The Morgan fingerprint density at radius 2 is 1.93 bits per heavy atom. The van der Waals surface area contributed by atoms with Gasteiger partial charge < -0.3 is 15.3 Å². The van der Waals surface area contributed by atoms with Gasteiger partial charge in [0.1, 0.15) is 11.7 Å². The molecule has 1 fully saturated rings. The van der Waals surface area contributed by atoms with Crippen molar-refractivity contribution in [3.63, 3.8) is 0 Å². The topological polar surface area (TPSA) is 113 Å². The third-order valence-electron chi connectivity index (χ3n) is 4.72. The molecule has 1 saturated carbocycles. The van der Waals surface area contributed by atoms with E-state index in [9.17, 15) is 24.8 Å². The maximum Gasteiger partial charge on any atom is 0.326 e. The molecule has 1 aliphatic rings. The van der Waals surface area contributed by atoms with E-state index in [0.29, 0.717) is 12.2 Å². The fourth-order valence-electron chi connectivity index (χ4n) is 3.04. The summed E-state index contributed by atoms with van der Waals surface area (Å²) in [7, 11) is 0. The van der Waals surface area contributed by atoms with Crippen LogP contribution in [0, 0.1) is 10.1 Å². The number of carboxylic acid groups (broad SMARTS) is 1. The Balaban J connectivity index is 1.84. The lowest BCUT2D eigenvalue weighted by Gasteiger charge is -2.26. The molecular weight excluding hydrogens is 362 g/mol. The third-order valence-corrected chi connectivity index (χ3v) is 4.72. The molecule has 8 nitrogen and oxygen atoms in total. The highest BCUT2D eigenvalue weighted by molar-refractivity contribution is 5.98. The molecule has 0 heterocycles. The highest BCUT2D eigenvalue weighted by atomic mass is 16.6. The molecule has 0 spiro atoms. The fourth-order valence-corrected chi connectivity index (χ4v) is 3.04. The minimum Gasteiger partial charge on any atom is -0.480 e. The molecule has 8 heteroatoms. The SMILES string of the molecule is CC(C(=O)O)N(C(=O)c1ccc(NCc2ccccc2)c([N+](=O)[O-])c1)C1CC1. The molecular formula is C20H21N3O5. The molecule has 0 bridgehead atoms. The lowest BCUT2D eigenvalue weighted by molar-refractivity contribution is -0.384. The van der Waals surface area contributed by atoms with E-state index in [1.165, 1.54) is 30.0 Å². The summed E-state index contributed by atoms with van der Waals surface area (Å²) >= 11 is 0. The van der Waals surface area contributed by atoms with Crippen molar-refractivity contribution in [1.29, 1.82) is 0 Å². The van der Waals surface area contributed by atoms with Crippen LogP contribution in [0.3, 0.4) is 0 Å². The van der Waals surface area contributed by atoms with Gasteiger partial charge in [-0.25, -0.2) is 4.79 Å². The van der Waals surface area contributed by atoms with Crippen LogP contribution in [-0.4, -0.2) is 38.9 Å². The van der Waals surface area contributed by atoms with Gasteiger partial charge in [-0.05, 0) is 37.5 Å². The van der Waals surface area contributed by atoms with Gasteiger partial charge in [-0.1, -0.05) is 30.3 Å². The summed E-state index contributed by atoms with van der Waals surface area (Å²) in [6.07, 6.45) is 1.48. The lowest BCUT2D eigenvalue weighted by atomic mass is 10.1. The molecule has 28 heavy (non-hydrogen) atoms. The van der Waals surface area contributed by atoms with Gasteiger partial charge in [0.2, 0.25) is 0 Å². The van der Waals surface area contributed by atoms with Crippen LogP contribution in [0.1, 0.15) is 35.7 Å². The molecule has 2 aromatic carbocycles. The molecule has 0 aliphatic heterocycles. The second-order valence-corrected chi connectivity index (χ2v) is 6.79. The molecule has 1 unspecified atom stereocenters. The largest absolute Gasteiger partial charge is 0.480 e. The van der Waals surface area contributed by atoms with E-state index in [1.807, 2.05) is 30.3 Å². The minimum absolute atomic E-state index is 0.108. The van der Waals surface area contributed by atoms with E-state index >= 15 is 0 Å². The maximum absolute atomic E-state index is 12.9. The summed E-state index contributed by atoms with van der Waals surface area (Å²) in [6.45, 7) is 1.85. The quantitative estimate of drug-likeness (QED) is 0.534. The number of nitrogens with one attached hydrogen (secondary N) is 1. The Morgan fingerprint density at radius 3 is 2.50 bits per heavy atom. The molecule has 3 rings (SSSR count). The van der Waals surface area contributed by atoms with Crippen molar-refractivity contribution in [2.45, 2.75) is 38.4 Å². The molecule has 1 amide bonds. The number of carbonyl (C=O) groups excluding carboxylic acids is 1. The number of nitrogens with zero attached hydrogens (tertiary/aromatic N) is 2. The summed E-state index contributed by atoms with van der Waals surface area (Å²) < 4.78 is 0. The van der Waals surface area contributed by atoms with Gasteiger partial charge in [0.05, 0.1) is 4.92 Å². The number of benzene rings is 2. The Labute approximate surface area is 161 Å². The third kappa shape index (κ3) is 4.28. The summed E-state index contributed by atoms with van der Waals surface area (Å²) in [6, 6.07) is 12.5. The Morgan fingerprint density at radius 1 is 1.25 bits per heavy atom. The van der Waals surface area contributed by atoms with Crippen LogP contribution in [0.5, 0.6) is 0 Å². The number of carbonyl (C=O) groups is 2. The van der Waals surface area contributed by atoms with E-state index < -0.39 is 22.8 Å². The van der Waals surface area contributed by atoms with E-state index in [2.05, 4.69) is 5.32 Å². The zero-order valence-corrected chi connectivity index (χ0v) is 15.4. The van der Waals surface area contributed by atoms with Crippen LogP contribution in [0.15, 0.2) is 48.5 Å². The zero-order chi connectivity index (χ0) is 20.3. The van der Waals surface area contributed by atoms with Crippen LogP contribution >= 0.6 is 0 Å². The number of hydrogen-bond acceptors (Lipinski definition) is 5. The van der Waals surface area contributed by atoms with Crippen LogP contribution < -0.4 is 5.32 Å². The first-order valence-corrected chi connectivity index (χ1v) is 9.00. The second kappa shape index (κ2) is 8.08. The molecule has 1 aliphatic carbocycles. The predicted molar refractivity (Wildman–Crippen MR) is 103 cm³/mol. The smallest absolute Gasteiger partial charge is 0.326 e. The molecule has 1 atom stereocenters. The first-order chi connectivity index (χ1) is 13.4. The Kier molecular flexibility index (Phi) is 5.58. The van der Waals surface area contributed by atoms with Gasteiger partial charge in [0.25, 0.3) is 11.6 Å². The van der Waals surface area contributed by atoms with E-state index in [-0.39, 0.29) is 17.3 Å². The van der Waals surface area contributed by atoms with Gasteiger partial charge in [0.15, 0.2) is 0 Å². The van der Waals surface area contributed by atoms with Crippen LogP contribution in [0.25, 0.3) is 0 Å². The van der Waals surface area contributed by atoms with Crippen molar-refractivity contribution in [2.75, 3.05) is 5.32 Å². The fraction of sp³-hybridized carbons (Fsp3) is 0.300. The van der Waals surface area contributed by atoms with Crippen molar-refractivity contribution in [3.05, 3.63) is 69.8 Å². The molecule has 0 saturated heterocycles. The Hall–Kier alpha value is -3.42. The summed E-state index contributed by atoms with van der Waals surface area (Å²) in [4.78, 5) is 36.5. The molecule has 2 N–H and O–H groups in total. The van der Waals surface area contributed by atoms with Gasteiger partial charge in [-0.15, -0.1) is 0 Å². The maximum atomic E-state index is 12.9. The summed E-state index contributed by atoms with van der Waals surface area (Å²) in [5.74, 6) is -1.61. The standard InChI is InChI=1S/C20H21N3O5/c1-13(20(25)26)22(16-8-9-16)19(24)15-7-10-17(18(11-15)23(27)28)21-12-14-5-3-2-4-6-14/h2-7,10-11,13,16,21H,8-9,12H2,1H3,(H,25,26).